The molecule has 0 bridgehead atoms. The summed E-state index contributed by atoms with van der Waals surface area (Å²) in [6.45, 7) is 0.224. The summed E-state index contributed by atoms with van der Waals surface area (Å²) in [5, 5.41) is 0.668. The van der Waals surface area contributed by atoms with E-state index in [4.69, 9.17) is 10.2 Å². The first-order valence-corrected chi connectivity index (χ1v) is 5.31. The highest BCUT2D eigenvalue weighted by atomic mass is 19.2. The molecule has 2 nitrogen and oxygen atoms in total. The van der Waals surface area contributed by atoms with Gasteiger partial charge in [-0.25, -0.2) is 4.39 Å². The average molecular weight is 223 g/mol. The van der Waals surface area contributed by atoms with E-state index < -0.39 is 11.6 Å². The molecule has 0 radical (unpaired) electrons. The van der Waals surface area contributed by atoms with Gasteiger partial charge in [0.25, 0.3) is 0 Å². The lowest BCUT2D eigenvalue weighted by atomic mass is 10.1. The topological polar surface area (TPSA) is 39.2 Å². The summed E-state index contributed by atoms with van der Waals surface area (Å²) in [6, 6.07) is 2.71. The number of hydrogen-bond donors (Lipinski definition) is 1. The fraction of sp³-hybridized carbons (Fsp3) is 0.333. The van der Waals surface area contributed by atoms with Gasteiger partial charge >= 0.3 is 0 Å². The lowest BCUT2D eigenvalue weighted by molar-refractivity contribution is 0.478. The van der Waals surface area contributed by atoms with Crippen LogP contribution in [0.4, 0.5) is 8.78 Å². The van der Waals surface area contributed by atoms with Crippen LogP contribution in [0, 0.1) is 11.6 Å². The third-order valence-corrected chi connectivity index (χ3v) is 3.04. The second-order valence-electron chi connectivity index (χ2n) is 4.16. The smallest absolute Gasteiger partial charge is 0.201 e. The summed E-state index contributed by atoms with van der Waals surface area (Å²) in [7, 11) is 0. The molecule has 0 saturated heterocycles. The quantitative estimate of drug-likeness (QED) is 0.849. The third kappa shape index (κ3) is 1.26. The van der Waals surface area contributed by atoms with E-state index in [1.54, 1.807) is 6.07 Å². The van der Waals surface area contributed by atoms with E-state index in [0.29, 0.717) is 17.1 Å². The number of rotatable bonds is 2. The maximum atomic E-state index is 13.5. The van der Waals surface area contributed by atoms with Crippen LogP contribution in [-0.2, 0) is 6.54 Å². The van der Waals surface area contributed by atoms with Gasteiger partial charge in [0, 0.05) is 10.9 Å². The third-order valence-electron chi connectivity index (χ3n) is 3.04. The van der Waals surface area contributed by atoms with Gasteiger partial charge in [-0.15, -0.1) is 0 Å². The van der Waals surface area contributed by atoms with Crippen LogP contribution in [0.5, 0.6) is 0 Å². The molecule has 2 N–H and O–H groups in total. The normalized spacial score (nSPS) is 15.9. The molecule has 0 aliphatic heterocycles. The molecule has 1 aliphatic carbocycles. The van der Waals surface area contributed by atoms with Crippen LogP contribution in [0.2, 0.25) is 0 Å². The summed E-state index contributed by atoms with van der Waals surface area (Å²) in [5.41, 5.74) is 6.53. The lowest BCUT2D eigenvalue weighted by Gasteiger charge is -1.97. The van der Waals surface area contributed by atoms with E-state index >= 15 is 0 Å². The monoisotopic (exact) mass is 223 g/mol. The zero-order valence-corrected chi connectivity index (χ0v) is 8.59. The Morgan fingerprint density at radius 1 is 1.31 bits per heavy atom. The minimum absolute atomic E-state index is 0.00218. The Kier molecular flexibility index (Phi) is 2.01. The van der Waals surface area contributed by atoms with Gasteiger partial charge < -0.3 is 10.2 Å². The maximum absolute atomic E-state index is 13.5. The number of fused-ring (bicyclic) bond motifs is 1. The van der Waals surface area contributed by atoms with Crippen molar-refractivity contribution in [2.24, 2.45) is 5.73 Å². The highest BCUT2D eigenvalue weighted by molar-refractivity contribution is 5.84. The van der Waals surface area contributed by atoms with E-state index in [2.05, 4.69) is 0 Å². The number of furan rings is 1. The van der Waals surface area contributed by atoms with E-state index in [9.17, 15) is 8.78 Å². The molecule has 0 amide bonds. The van der Waals surface area contributed by atoms with E-state index in [0.717, 1.165) is 24.5 Å². The summed E-state index contributed by atoms with van der Waals surface area (Å²) < 4.78 is 31.9. The van der Waals surface area contributed by atoms with Crippen molar-refractivity contribution in [3.63, 3.8) is 0 Å². The molecular formula is C12H11F2NO. The molecule has 1 aromatic heterocycles. The van der Waals surface area contributed by atoms with Gasteiger partial charge in [-0.2, -0.15) is 4.39 Å². The van der Waals surface area contributed by atoms with Gasteiger partial charge in [-0.1, -0.05) is 0 Å². The Morgan fingerprint density at radius 2 is 2.06 bits per heavy atom. The Morgan fingerprint density at radius 3 is 2.69 bits per heavy atom. The molecule has 1 aliphatic rings. The minimum Gasteiger partial charge on any atom is -0.456 e. The molecule has 0 unspecified atom stereocenters. The molecule has 1 aromatic carbocycles. The van der Waals surface area contributed by atoms with Gasteiger partial charge in [0.15, 0.2) is 11.4 Å². The van der Waals surface area contributed by atoms with Crippen LogP contribution in [0.1, 0.15) is 30.1 Å². The standard InChI is InChI=1S/C12H11F2NO/c13-8-4-3-7-10(6-1-2-6)9(5-15)16-12(7)11(8)14/h3-4,6H,1-2,5,15H2. The second kappa shape index (κ2) is 3.28. The Bertz CT molecular complexity index is 558. The lowest BCUT2D eigenvalue weighted by Crippen LogP contribution is -1.97. The Balaban J connectivity index is 2.34. The zero-order chi connectivity index (χ0) is 11.3. The summed E-state index contributed by atoms with van der Waals surface area (Å²) >= 11 is 0. The zero-order valence-electron chi connectivity index (χ0n) is 8.59. The summed E-state index contributed by atoms with van der Waals surface area (Å²) in [5.74, 6) is -0.807. The van der Waals surface area contributed by atoms with Crippen molar-refractivity contribution in [1.29, 1.82) is 0 Å². The summed E-state index contributed by atoms with van der Waals surface area (Å²) in [4.78, 5) is 0. The summed E-state index contributed by atoms with van der Waals surface area (Å²) in [6.07, 6.45) is 2.14. The fourth-order valence-electron chi connectivity index (χ4n) is 2.14. The average Bonchev–Trinajstić information content (AvgIpc) is 3.04. The van der Waals surface area contributed by atoms with Gasteiger partial charge in [0.2, 0.25) is 5.82 Å². The van der Waals surface area contributed by atoms with Crippen LogP contribution in [0.3, 0.4) is 0 Å². The van der Waals surface area contributed by atoms with Crippen molar-refractivity contribution in [3.8, 4) is 0 Å². The number of halogens is 2. The first kappa shape index (κ1) is 9.78. The predicted molar refractivity (Wildman–Crippen MR) is 56.0 cm³/mol. The molecule has 2 aromatic rings. The maximum Gasteiger partial charge on any atom is 0.201 e. The molecule has 1 fully saturated rings. The van der Waals surface area contributed by atoms with Crippen LogP contribution in [0.25, 0.3) is 11.0 Å². The van der Waals surface area contributed by atoms with Crippen molar-refractivity contribution in [2.45, 2.75) is 25.3 Å². The molecule has 0 atom stereocenters. The first-order valence-electron chi connectivity index (χ1n) is 5.31. The number of nitrogens with two attached hydrogens (primary N) is 1. The molecule has 16 heavy (non-hydrogen) atoms. The van der Waals surface area contributed by atoms with Gasteiger partial charge in [-0.3, -0.25) is 0 Å². The van der Waals surface area contributed by atoms with E-state index in [-0.39, 0.29) is 12.1 Å². The highest BCUT2D eigenvalue weighted by Crippen LogP contribution is 2.46. The number of benzene rings is 1. The number of hydrogen-bond acceptors (Lipinski definition) is 2. The molecule has 1 saturated carbocycles. The van der Waals surface area contributed by atoms with E-state index in [1.165, 1.54) is 0 Å². The van der Waals surface area contributed by atoms with Crippen molar-refractivity contribution in [3.05, 3.63) is 35.1 Å². The molecule has 3 rings (SSSR count). The van der Waals surface area contributed by atoms with Crippen molar-refractivity contribution in [1.82, 2.24) is 0 Å². The van der Waals surface area contributed by atoms with Crippen LogP contribution < -0.4 is 5.73 Å². The van der Waals surface area contributed by atoms with Crippen LogP contribution >= 0.6 is 0 Å². The van der Waals surface area contributed by atoms with Gasteiger partial charge in [-0.05, 0) is 30.9 Å². The Labute approximate surface area is 91.0 Å². The van der Waals surface area contributed by atoms with Crippen LogP contribution in [-0.4, -0.2) is 0 Å². The van der Waals surface area contributed by atoms with Gasteiger partial charge in [0.1, 0.15) is 5.76 Å². The second-order valence-corrected chi connectivity index (χ2v) is 4.16. The van der Waals surface area contributed by atoms with Crippen molar-refractivity contribution < 1.29 is 13.2 Å². The molecule has 84 valence electrons. The highest BCUT2D eigenvalue weighted by Gasteiger charge is 2.31. The molecule has 1 heterocycles. The molecular weight excluding hydrogens is 212 g/mol. The van der Waals surface area contributed by atoms with Crippen molar-refractivity contribution in [2.75, 3.05) is 0 Å². The SMILES string of the molecule is NCc1oc2c(F)c(F)ccc2c1C1CC1. The largest absolute Gasteiger partial charge is 0.456 e. The Hall–Kier alpha value is -1.42. The van der Waals surface area contributed by atoms with E-state index in [1.807, 2.05) is 0 Å². The molecule has 0 spiro atoms. The van der Waals surface area contributed by atoms with Gasteiger partial charge in [0.05, 0.1) is 6.54 Å². The van der Waals surface area contributed by atoms with Crippen molar-refractivity contribution >= 4 is 11.0 Å². The predicted octanol–water partition coefficient (Wildman–Crippen LogP) is 3.05. The van der Waals surface area contributed by atoms with Crippen LogP contribution in [0.15, 0.2) is 16.5 Å². The first-order chi connectivity index (χ1) is 7.72. The molecule has 4 heteroatoms. The minimum atomic E-state index is -0.917. The fourth-order valence-corrected chi connectivity index (χ4v) is 2.14.